The van der Waals surface area contributed by atoms with Gasteiger partial charge in [-0.1, -0.05) is 84.5 Å². The van der Waals surface area contributed by atoms with Crippen molar-refractivity contribution in [1.82, 2.24) is 4.57 Å². The van der Waals surface area contributed by atoms with Gasteiger partial charge in [0.25, 0.3) is 0 Å². The second-order valence-electron chi connectivity index (χ2n) is 9.73. The number of hydrogen-bond acceptors (Lipinski definition) is 1. The number of nitrogens with zero attached hydrogens (tertiary/aromatic N) is 2. The molecule has 2 heteroatoms. The van der Waals surface area contributed by atoms with E-state index in [4.69, 9.17) is 0 Å². The highest BCUT2D eigenvalue weighted by Gasteiger charge is 2.46. The molecule has 2 atom stereocenters. The SMILES string of the molecule is Cc1ccc2c(c1)C1C=CC=CC1(C)N2c1cccc(-n2c3ccccc3c3ccccc32)c1. The van der Waals surface area contributed by atoms with Crippen LogP contribution >= 0.6 is 0 Å². The van der Waals surface area contributed by atoms with E-state index in [0.717, 1.165) is 0 Å². The zero-order valence-corrected chi connectivity index (χ0v) is 19.4. The van der Waals surface area contributed by atoms with Crippen molar-refractivity contribution in [2.75, 3.05) is 4.90 Å². The van der Waals surface area contributed by atoms with E-state index < -0.39 is 0 Å². The van der Waals surface area contributed by atoms with Crippen molar-refractivity contribution in [2.45, 2.75) is 25.3 Å². The molecule has 0 bridgehead atoms. The van der Waals surface area contributed by atoms with E-state index in [2.05, 4.69) is 139 Å². The number of para-hydroxylation sites is 2. The lowest BCUT2D eigenvalue weighted by Crippen LogP contribution is -2.41. The largest absolute Gasteiger partial charge is 0.331 e. The van der Waals surface area contributed by atoms with Crippen molar-refractivity contribution in [3.05, 3.63) is 126 Å². The van der Waals surface area contributed by atoms with Crippen LogP contribution in [0.5, 0.6) is 0 Å². The molecule has 4 aromatic carbocycles. The van der Waals surface area contributed by atoms with E-state index in [1.165, 1.54) is 50.0 Å². The van der Waals surface area contributed by atoms with Gasteiger partial charge in [0.15, 0.2) is 0 Å². The standard InChI is InChI=1S/C32H26N2/c1-22-17-18-31-27(20-22)28-14-7-8-19-32(28,2)34(31)24-11-9-10-23(21-24)33-29-15-5-3-12-25(29)26-13-4-6-16-30(26)33/h3-21,28H,1-2H3. The number of hydrogen-bond donors (Lipinski definition) is 0. The first-order valence-corrected chi connectivity index (χ1v) is 12.0. The van der Waals surface area contributed by atoms with Gasteiger partial charge in [0.05, 0.1) is 16.6 Å². The monoisotopic (exact) mass is 438 g/mol. The Bertz CT molecular complexity index is 1600. The summed E-state index contributed by atoms with van der Waals surface area (Å²) in [5, 5.41) is 2.58. The summed E-state index contributed by atoms with van der Waals surface area (Å²) in [7, 11) is 0. The molecule has 0 N–H and O–H groups in total. The Morgan fingerprint density at radius 3 is 2.18 bits per heavy atom. The number of aromatic nitrogens is 1. The van der Waals surface area contributed by atoms with Crippen LogP contribution in [0.2, 0.25) is 0 Å². The predicted molar refractivity (Wildman–Crippen MR) is 144 cm³/mol. The summed E-state index contributed by atoms with van der Waals surface area (Å²) in [6, 6.07) is 33.3. The number of rotatable bonds is 2. The molecule has 0 amide bonds. The third kappa shape index (κ3) is 2.57. The lowest BCUT2D eigenvalue weighted by atomic mass is 9.80. The number of anilines is 2. The number of fused-ring (bicyclic) bond motifs is 6. The van der Waals surface area contributed by atoms with Crippen LogP contribution in [0, 0.1) is 6.92 Å². The molecule has 5 aromatic rings. The first kappa shape index (κ1) is 19.4. The van der Waals surface area contributed by atoms with Crippen molar-refractivity contribution in [2.24, 2.45) is 0 Å². The van der Waals surface area contributed by atoms with Crippen LogP contribution in [0.1, 0.15) is 24.0 Å². The van der Waals surface area contributed by atoms with Crippen molar-refractivity contribution in [3.63, 3.8) is 0 Å². The average molecular weight is 439 g/mol. The highest BCUT2D eigenvalue weighted by atomic mass is 15.2. The van der Waals surface area contributed by atoms with E-state index >= 15 is 0 Å². The highest BCUT2D eigenvalue weighted by molar-refractivity contribution is 6.09. The Hall–Kier alpha value is -4.04. The number of allylic oxidation sites excluding steroid dienone is 2. The van der Waals surface area contributed by atoms with E-state index in [0.29, 0.717) is 5.92 Å². The normalized spacial score (nSPS) is 20.8. The fourth-order valence-corrected chi connectivity index (χ4v) is 6.13. The first-order valence-electron chi connectivity index (χ1n) is 12.0. The maximum absolute atomic E-state index is 2.53. The molecule has 1 aliphatic carbocycles. The summed E-state index contributed by atoms with van der Waals surface area (Å²) in [6.07, 6.45) is 9.10. The third-order valence-electron chi connectivity index (χ3n) is 7.64. The van der Waals surface area contributed by atoms with Gasteiger partial charge >= 0.3 is 0 Å². The summed E-state index contributed by atoms with van der Waals surface area (Å²) in [4.78, 5) is 2.53. The van der Waals surface area contributed by atoms with Crippen molar-refractivity contribution in [3.8, 4) is 5.69 Å². The molecule has 34 heavy (non-hydrogen) atoms. The van der Waals surface area contributed by atoms with Gasteiger partial charge in [0.2, 0.25) is 0 Å². The highest BCUT2D eigenvalue weighted by Crippen LogP contribution is 2.54. The fraction of sp³-hybridized carbons (Fsp3) is 0.125. The van der Waals surface area contributed by atoms with Crippen molar-refractivity contribution in [1.29, 1.82) is 0 Å². The first-order chi connectivity index (χ1) is 16.6. The maximum Gasteiger partial charge on any atom is 0.0712 e. The van der Waals surface area contributed by atoms with Crippen LogP contribution in [-0.4, -0.2) is 10.1 Å². The summed E-state index contributed by atoms with van der Waals surface area (Å²) in [6.45, 7) is 4.55. The second-order valence-corrected chi connectivity index (χ2v) is 9.73. The molecule has 2 aliphatic rings. The molecule has 1 aromatic heterocycles. The van der Waals surface area contributed by atoms with Gasteiger partial charge in [-0.2, -0.15) is 0 Å². The molecule has 7 rings (SSSR count). The van der Waals surface area contributed by atoms with Gasteiger partial charge in [0, 0.05) is 33.8 Å². The van der Waals surface area contributed by atoms with Crippen LogP contribution in [0.4, 0.5) is 11.4 Å². The van der Waals surface area contributed by atoms with E-state index in [1.807, 2.05) is 0 Å². The minimum atomic E-state index is -0.135. The molecule has 2 unspecified atom stereocenters. The van der Waals surface area contributed by atoms with Crippen LogP contribution < -0.4 is 4.90 Å². The number of benzene rings is 4. The molecular formula is C32H26N2. The van der Waals surface area contributed by atoms with E-state index in [1.54, 1.807) is 0 Å². The minimum Gasteiger partial charge on any atom is -0.331 e. The van der Waals surface area contributed by atoms with Crippen molar-refractivity contribution < 1.29 is 0 Å². The molecule has 2 nitrogen and oxygen atoms in total. The van der Waals surface area contributed by atoms with Crippen LogP contribution in [0.25, 0.3) is 27.5 Å². The lowest BCUT2D eigenvalue weighted by Gasteiger charge is -2.39. The van der Waals surface area contributed by atoms with Gasteiger partial charge in [-0.3, -0.25) is 0 Å². The zero-order valence-electron chi connectivity index (χ0n) is 19.4. The molecule has 0 radical (unpaired) electrons. The van der Waals surface area contributed by atoms with Gasteiger partial charge in [-0.05, 0) is 55.8 Å². The topological polar surface area (TPSA) is 8.17 Å². The predicted octanol–water partition coefficient (Wildman–Crippen LogP) is 8.21. The molecule has 0 saturated carbocycles. The zero-order chi connectivity index (χ0) is 22.9. The maximum atomic E-state index is 2.53. The van der Waals surface area contributed by atoms with Gasteiger partial charge in [-0.15, -0.1) is 0 Å². The van der Waals surface area contributed by atoms with E-state index in [-0.39, 0.29) is 5.54 Å². The summed E-state index contributed by atoms with van der Waals surface area (Å²) in [5.74, 6) is 0.337. The Kier molecular flexibility index (Phi) is 3.99. The summed E-state index contributed by atoms with van der Waals surface area (Å²) >= 11 is 0. The molecule has 2 heterocycles. The Balaban J connectivity index is 1.47. The second kappa shape index (κ2) is 6.98. The molecule has 0 saturated heterocycles. The van der Waals surface area contributed by atoms with Crippen LogP contribution in [0.3, 0.4) is 0 Å². The molecular weight excluding hydrogens is 412 g/mol. The van der Waals surface area contributed by atoms with Crippen LogP contribution in [-0.2, 0) is 0 Å². The molecule has 0 fully saturated rings. The molecule has 1 aliphatic heterocycles. The Morgan fingerprint density at radius 1 is 0.706 bits per heavy atom. The Labute approximate surface area is 200 Å². The Morgan fingerprint density at radius 2 is 1.41 bits per heavy atom. The molecule has 164 valence electrons. The lowest BCUT2D eigenvalue weighted by molar-refractivity contribution is 0.542. The average Bonchev–Trinajstić information content (AvgIpc) is 3.33. The number of aryl methyl sites for hydroxylation is 1. The van der Waals surface area contributed by atoms with Gasteiger partial charge < -0.3 is 9.47 Å². The van der Waals surface area contributed by atoms with E-state index in [9.17, 15) is 0 Å². The summed E-state index contributed by atoms with van der Waals surface area (Å²) < 4.78 is 2.40. The van der Waals surface area contributed by atoms with Crippen LogP contribution in [0.15, 0.2) is 115 Å². The summed E-state index contributed by atoms with van der Waals surface area (Å²) in [5.41, 5.74) is 8.76. The smallest absolute Gasteiger partial charge is 0.0712 e. The third-order valence-corrected chi connectivity index (χ3v) is 7.64. The fourth-order valence-electron chi connectivity index (χ4n) is 6.13. The van der Waals surface area contributed by atoms with Gasteiger partial charge in [-0.25, -0.2) is 0 Å². The minimum absolute atomic E-state index is 0.135. The quantitative estimate of drug-likeness (QED) is 0.270. The van der Waals surface area contributed by atoms with Gasteiger partial charge in [0.1, 0.15) is 0 Å². The van der Waals surface area contributed by atoms with Crippen molar-refractivity contribution >= 4 is 33.2 Å². The molecule has 0 spiro atoms.